The largest absolute Gasteiger partial charge is 0.380 e. The highest BCUT2D eigenvalue weighted by atomic mass is 16.1. The third-order valence-corrected chi connectivity index (χ3v) is 3.96. The summed E-state index contributed by atoms with van der Waals surface area (Å²) >= 11 is 0. The van der Waals surface area contributed by atoms with Crippen LogP contribution in [0.2, 0.25) is 0 Å². The molecule has 0 saturated carbocycles. The van der Waals surface area contributed by atoms with Gasteiger partial charge in [0.15, 0.2) is 0 Å². The molecular weight excluding hydrogens is 278 g/mol. The van der Waals surface area contributed by atoms with Crippen LogP contribution in [0.5, 0.6) is 0 Å². The summed E-state index contributed by atoms with van der Waals surface area (Å²) in [5, 5.41) is 3.10. The summed E-state index contributed by atoms with van der Waals surface area (Å²) in [4.78, 5) is 31.3. The monoisotopic (exact) mass is 301 g/mol. The first-order valence-electron chi connectivity index (χ1n) is 7.73. The molecule has 5 nitrogen and oxygen atoms in total. The smallest absolute Gasteiger partial charge is 0.211 e. The van der Waals surface area contributed by atoms with Gasteiger partial charge in [0.25, 0.3) is 0 Å². The van der Waals surface area contributed by atoms with Crippen LogP contribution in [0.15, 0.2) is 17.8 Å². The number of aromatic nitrogens is 1. The fraction of sp³-hybridized carbons (Fsp3) is 0.471. The standard InChI is InChI=1S/C17H23N3O2/c1-5-20(6-2)8-7-18-13-10-14(21)16-15(17(13)22)11(3)9-12(4)19-16/h9-10,18H,5-8H2,1-4H3. The van der Waals surface area contributed by atoms with Gasteiger partial charge in [-0.05, 0) is 38.6 Å². The fourth-order valence-corrected chi connectivity index (χ4v) is 2.72. The van der Waals surface area contributed by atoms with Gasteiger partial charge >= 0.3 is 0 Å². The molecular formula is C17H23N3O2. The molecule has 0 spiro atoms. The topological polar surface area (TPSA) is 62.3 Å². The Bertz CT molecular complexity index is 631. The van der Waals surface area contributed by atoms with Crippen LogP contribution in [-0.4, -0.2) is 47.6 Å². The minimum atomic E-state index is -0.202. The first-order chi connectivity index (χ1) is 10.5. The number of hydrogen-bond acceptors (Lipinski definition) is 5. The Hall–Kier alpha value is -2.01. The molecule has 0 amide bonds. The summed E-state index contributed by atoms with van der Waals surface area (Å²) < 4.78 is 0. The third kappa shape index (κ3) is 3.25. The highest BCUT2D eigenvalue weighted by Gasteiger charge is 2.28. The summed E-state index contributed by atoms with van der Waals surface area (Å²) in [6.45, 7) is 11.3. The Labute approximate surface area is 131 Å². The lowest BCUT2D eigenvalue weighted by Crippen LogP contribution is -2.35. The van der Waals surface area contributed by atoms with Crippen LogP contribution in [0.25, 0.3) is 0 Å². The van der Waals surface area contributed by atoms with E-state index in [1.165, 1.54) is 6.08 Å². The number of nitrogens with one attached hydrogen (secondary N) is 1. The van der Waals surface area contributed by atoms with Crippen molar-refractivity contribution < 1.29 is 9.59 Å². The van der Waals surface area contributed by atoms with Crippen LogP contribution in [0.3, 0.4) is 0 Å². The molecule has 1 heterocycles. The average molecular weight is 301 g/mol. The molecule has 5 heteroatoms. The van der Waals surface area contributed by atoms with E-state index < -0.39 is 0 Å². The minimum absolute atomic E-state index is 0.140. The number of allylic oxidation sites excluding steroid dienone is 2. The average Bonchev–Trinajstić information content (AvgIpc) is 2.47. The van der Waals surface area contributed by atoms with Gasteiger partial charge in [0.05, 0.1) is 11.3 Å². The van der Waals surface area contributed by atoms with Gasteiger partial charge < -0.3 is 10.2 Å². The number of rotatable bonds is 6. The summed E-state index contributed by atoms with van der Waals surface area (Å²) in [5.41, 5.74) is 2.64. The second-order valence-electron chi connectivity index (χ2n) is 5.51. The quantitative estimate of drug-likeness (QED) is 0.869. The number of carbonyl (C=O) groups excluding carboxylic acids is 2. The number of fused-ring (bicyclic) bond motifs is 1. The Morgan fingerprint density at radius 1 is 1.18 bits per heavy atom. The highest BCUT2D eigenvalue weighted by Crippen LogP contribution is 2.22. The number of nitrogens with zero attached hydrogens (tertiary/aromatic N) is 2. The zero-order valence-electron chi connectivity index (χ0n) is 13.7. The van der Waals surface area contributed by atoms with Crippen molar-refractivity contribution in [1.82, 2.24) is 15.2 Å². The Kier molecular flexibility index (Phi) is 5.08. The number of carbonyl (C=O) groups is 2. The lowest BCUT2D eigenvalue weighted by Gasteiger charge is -2.21. The summed E-state index contributed by atoms with van der Waals surface area (Å²) in [7, 11) is 0. The number of hydrogen-bond donors (Lipinski definition) is 1. The van der Waals surface area contributed by atoms with Crippen LogP contribution >= 0.6 is 0 Å². The number of pyridine rings is 1. The van der Waals surface area contributed by atoms with Crippen LogP contribution in [0, 0.1) is 13.8 Å². The zero-order valence-corrected chi connectivity index (χ0v) is 13.7. The molecule has 1 aromatic rings. The van der Waals surface area contributed by atoms with Gasteiger partial charge in [0.1, 0.15) is 5.69 Å². The second kappa shape index (κ2) is 6.83. The van der Waals surface area contributed by atoms with Gasteiger partial charge in [-0.2, -0.15) is 0 Å². The van der Waals surface area contributed by atoms with E-state index in [1.54, 1.807) is 0 Å². The Balaban J connectivity index is 2.16. The summed E-state index contributed by atoms with van der Waals surface area (Å²) in [6.07, 6.45) is 1.37. The first kappa shape index (κ1) is 16.4. The normalized spacial score (nSPS) is 14.1. The van der Waals surface area contributed by atoms with E-state index in [2.05, 4.69) is 29.0 Å². The van der Waals surface area contributed by atoms with E-state index in [0.29, 0.717) is 17.8 Å². The summed E-state index contributed by atoms with van der Waals surface area (Å²) in [5.74, 6) is -0.342. The van der Waals surface area contributed by atoms with Gasteiger partial charge in [0.2, 0.25) is 11.6 Å². The SMILES string of the molecule is CCN(CC)CCNC1=CC(=O)c2nc(C)cc(C)c2C1=O. The molecule has 0 aliphatic heterocycles. The van der Waals surface area contributed by atoms with Gasteiger partial charge in [-0.3, -0.25) is 9.59 Å². The van der Waals surface area contributed by atoms with Crippen molar-refractivity contribution in [3.05, 3.63) is 40.4 Å². The van der Waals surface area contributed by atoms with Crippen molar-refractivity contribution in [3.63, 3.8) is 0 Å². The van der Waals surface area contributed by atoms with E-state index >= 15 is 0 Å². The predicted molar refractivity (Wildman–Crippen MR) is 86.2 cm³/mol. The van der Waals surface area contributed by atoms with Gasteiger partial charge in [-0.1, -0.05) is 13.8 Å². The minimum Gasteiger partial charge on any atom is -0.380 e. The Morgan fingerprint density at radius 2 is 1.86 bits per heavy atom. The van der Waals surface area contributed by atoms with Crippen molar-refractivity contribution in [1.29, 1.82) is 0 Å². The molecule has 1 aliphatic rings. The van der Waals surface area contributed by atoms with Gasteiger partial charge in [0, 0.05) is 24.9 Å². The zero-order chi connectivity index (χ0) is 16.3. The van der Waals surface area contributed by atoms with Gasteiger partial charge in [-0.25, -0.2) is 4.98 Å². The van der Waals surface area contributed by atoms with Crippen molar-refractivity contribution in [3.8, 4) is 0 Å². The van der Waals surface area contributed by atoms with E-state index in [1.807, 2.05) is 19.9 Å². The molecule has 22 heavy (non-hydrogen) atoms. The maximum absolute atomic E-state index is 12.6. The summed E-state index contributed by atoms with van der Waals surface area (Å²) in [6, 6.07) is 1.84. The molecule has 1 aromatic heterocycles. The molecule has 2 rings (SSSR count). The second-order valence-corrected chi connectivity index (χ2v) is 5.51. The molecule has 0 bridgehead atoms. The number of Topliss-reactive ketones (excluding diaryl/α,β-unsaturated/α-hetero) is 1. The lowest BCUT2D eigenvalue weighted by molar-refractivity contribution is 0.0973. The van der Waals surface area contributed by atoms with Crippen LogP contribution < -0.4 is 5.32 Å². The van der Waals surface area contributed by atoms with Crippen molar-refractivity contribution in [2.24, 2.45) is 0 Å². The maximum atomic E-state index is 12.6. The van der Waals surface area contributed by atoms with Crippen LogP contribution in [-0.2, 0) is 0 Å². The molecule has 0 aromatic carbocycles. The van der Waals surface area contributed by atoms with E-state index in [-0.39, 0.29) is 17.3 Å². The van der Waals surface area contributed by atoms with E-state index in [0.717, 1.165) is 30.9 Å². The number of likely N-dealkylation sites (N-methyl/N-ethyl adjacent to an activating group) is 1. The predicted octanol–water partition coefficient (Wildman–Crippen LogP) is 1.89. The highest BCUT2D eigenvalue weighted by molar-refractivity contribution is 6.24. The third-order valence-electron chi connectivity index (χ3n) is 3.96. The van der Waals surface area contributed by atoms with Crippen LogP contribution in [0.4, 0.5) is 0 Å². The van der Waals surface area contributed by atoms with Crippen molar-refractivity contribution in [2.45, 2.75) is 27.7 Å². The van der Waals surface area contributed by atoms with E-state index in [4.69, 9.17) is 0 Å². The van der Waals surface area contributed by atoms with Crippen molar-refractivity contribution in [2.75, 3.05) is 26.2 Å². The van der Waals surface area contributed by atoms with Crippen LogP contribution in [0.1, 0.15) is 46.0 Å². The van der Waals surface area contributed by atoms with E-state index in [9.17, 15) is 9.59 Å². The molecule has 0 saturated heterocycles. The first-order valence-corrected chi connectivity index (χ1v) is 7.73. The number of ketones is 2. The Morgan fingerprint density at radius 3 is 2.50 bits per heavy atom. The molecule has 0 unspecified atom stereocenters. The van der Waals surface area contributed by atoms with Crippen molar-refractivity contribution >= 4 is 11.6 Å². The fourth-order valence-electron chi connectivity index (χ4n) is 2.72. The molecule has 0 atom stereocenters. The lowest BCUT2D eigenvalue weighted by atomic mass is 9.93. The molecule has 118 valence electrons. The van der Waals surface area contributed by atoms with Gasteiger partial charge in [-0.15, -0.1) is 0 Å². The number of aryl methyl sites for hydroxylation is 2. The maximum Gasteiger partial charge on any atom is 0.211 e. The molecule has 0 radical (unpaired) electrons. The molecule has 1 N–H and O–H groups in total. The molecule has 1 aliphatic carbocycles. The molecule has 0 fully saturated rings.